The standard InChI is InChI=1S/C18H22N2O4/c1-12(10-15-4-3-7-22-15)19-18(21)20-13(2)14-5-6-16-17(11-14)24-9-8-23-16/h3-7,11-13H,8-10H2,1-2H3,(H2,19,20,21)/t12-,13+/m0/s1. The summed E-state index contributed by atoms with van der Waals surface area (Å²) in [6.45, 7) is 4.98. The van der Waals surface area contributed by atoms with Crippen molar-refractivity contribution in [2.24, 2.45) is 0 Å². The molecule has 0 saturated carbocycles. The lowest BCUT2D eigenvalue weighted by Gasteiger charge is -2.22. The van der Waals surface area contributed by atoms with Crippen LogP contribution in [0.5, 0.6) is 11.5 Å². The van der Waals surface area contributed by atoms with Crippen molar-refractivity contribution in [2.75, 3.05) is 13.2 Å². The second-order valence-corrected chi connectivity index (χ2v) is 5.93. The summed E-state index contributed by atoms with van der Waals surface area (Å²) in [5, 5.41) is 5.85. The Kier molecular flexibility index (Phi) is 4.93. The molecule has 0 radical (unpaired) electrons. The van der Waals surface area contributed by atoms with Gasteiger partial charge in [0.15, 0.2) is 11.5 Å². The molecule has 6 heteroatoms. The highest BCUT2D eigenvalue weighted by atomic mass is 16.6. The van der Waals surface area contributed by atoms with Crippen molar-refractivity contribution in [1.29, 1.82) is 0 Å². The summed E-state index contributed by atoms with van der Waals surface area (Å²) in [6.07, 6.45) is 2.28. The van der Waals surface area contributed by atoms with Crippen molar-refractivity contribution in [3.8, 4) is 11.5 Å². The molecular weight excluding hydrogens is 308 g/mol. The lowest BCUT2D eigenvalue weighted by atomic mass is 10.1. The van der Waals surface area contributed by atoms with Gasteiger partial charge >= 0.3 is 6.03 Å². The highest BCUT2D eigenvalue weighted by molar-refractivity contribution is 5.74. The Labute approximate surface area is 141 Å². The summed E-state index contributed by atoms with van der Waals surface area (Å²) in [5.41, 5.74) is 0.966. The van der Waals surface area contributed by atoms with Crippen LogP contribution in [0.15, 0.2) is 41.0 Å². The molecule has 1 aromatic carbocycles. The Balaban J connectivity index is 1.54. The first kappa shape index (κ1) is 16.2. The summed E-state index contributed by atoms with van der Waals surface area (Å²) < 4.78 is 16.4. The third-order valence-corrected chi connectivity index (χ3v) is 3.88. The summed E-state index contributed by atoms with van der Waals surface area (Å²) >= 11 is 0. The van der Waals surface area contributed by atoms with E-state index < -0.39 is 0 Å². The van der Waals surface area contributed by atoms with Crippen LogP contribution in [0.1, 0.15) is 31.2 Å². The molecule has 0 bridgehead atoms. The first-order valence-corrected chi connectivity index (χ1v) is 8.11. The zero-order chi connectivity index (χ0) is 16.9. The molecule has 0 unspecified atom stereocenters. The molecule has 1 aliphatic heterocycles. The van der Waals surface area contributed by atoms with Gasteiger partial charge in [0.05, 0.1) is 12.3 Å². The number of carbonyl (C=O) groups excluding carboxylic acids is 1. The van der Waals surface area contributed by atoms with Gasteiger partial charge in [-0.3, -0.25) is 0 Å². The third kappa shape index (κ3) is 4.01. The number of benzene rings is 1. The van der Waals surface area contributed by atoms with E-state index in [1.165, 1.54) is 0 Å². The number of hydrogen-bond donors (Lipinski definition) is 2. The first-order valence-electron chi connectivity index (χ1n) is 8.11. The van der Waals surface area contributed by atoms with E-state index in [1.54, 1.807) is 6.26 Å². The molecular formula is C18H22N2O4. The maximum Gasteiger partial charge on any atom is 0.315 e. The highest BCUT2D eigenvalue weighted by Gasteiger charge is 2.16. The number of nitrogens with one attached hydrogen (secondary N) is 2. The van der Waals surface area contributed by atoms with Crippen LogP contribution >= 0.6 is 0 Å². The van der Waals surface area contributed by atoms with Gasteiger partial charge in [0.1, 0.15) is 19.0 Å². The molecule has 3 rings (SSSR count). The molecule has 1 aromatic heterocycles. The van der Waals surface area contributed by atoms with Crippen LogP contribution in [0.25, 0.3) is 0 Å². The number of furan rings is 1. The van der Waals surface area contributed by atoms with Gasteiger partial charge < -0.3 is 24.5 Å². The van der Waals surface area contributed by atoms with Gasteiger partial charge in [0.25, 0.3) is 0 Å². The van der Waals surface area contributed by atoms with Crippen molar-refractivity contribution >= 4 is 6.03 Å². The van der Waals surface area contributed by atoms with E-state index in [2.05, 4.69) is 10.6 Å². The predicted molar refractivity (Wildman–Crippen MR) is 89.4 cm³/mol. The molecule has 2 N–H and O–H groups in total. The topological polar surface area (TPSA) is 72.7 Å². The highest BCUT2D eigenvalue weighted by Crippen LogP contribution is 2.32. The van der Waals surface area contributed by atoms with E-state index in [9.17, 15) is 4.79 Å². The zero-order valence-corrected chi connectivity index (χ0v) is 13.9. The number of carbonyl (C=O) groups is 1. The molecule has 6 nitrogen and oxygen atoms in total. The quantitative estimate of drug-likeness (QED) is 0.884. The average molecular weight is 330 g/mol. The number of urea groups is 1. The number of rotatable bonds is 5. The zero-order valence-electron chi connectivity index (χ0n) is 13.9. The van der Waals surface area contributed by atoms with Crippen LogP contribution in [0.4, 0.5) is 4.79 Å². The molecule has 0 saturated heterocycles. The fraction of sp³-hybridized carbons (Fsp3) is 0.389. The molecule has 2 amide bonds. The molecule has 2 aromatic rings. The van der Waals surface area contributed by atoms with Gasteiger partial charge in [-0.1, -0.05) is 6.07 Å². The normalized spacial score (nSPS) is 15.4. The van der Waals surface area contributed by atoms with E-state index in [0.717, 1.165) is 22.8 Å². The monoisotopic (exact) mass is 330 g/mol. The van der Waals surface area contributed by atoms with Crippen molar-refractivity contribution in [3.05, 3.63) is 47.9 Å². The van der Waals surface area contributed by atoms with E-state index in [-0.39, 0.29) is 18.1 Å². The minimum atomic E-state index is -0.212. The summed E-state index contributed by atoms with van der Waals surface area (Å²) in [4.78, 5) is 12.1. The summed E-state index contributed by atoms with van der Waals surface area (Å²) in [5.74, 6) is 2.32. The van der Waals surface area contributed by atoms with Crippen molar-refractivity contribution in [3.63, 3.8) is 0 Å². The SMILES string of the molecule is C[C@@H](Cc1ccco1)NC(=O)N[C@H](C)c1ccc2c(c1)OCCO2. The van der Waals surface area contributed by atoms with Crippen molar-refractivity contribution < 1.29 is 18.7 Å². The van der Waals surface area contributed by atoms with Gasteiger partial charge in [-0.15, -0.1) is 0 Å². The Morgan fingerprint density at radius 2 is 1.92 bits per heavy atom. The van der Waals surface area contributed by atoms with Crippen LogP contribution in [0.3, 0.4) is 0 Å². The Morgan fingerprint density at radius 3 is 2.67 bits per heavy atom. The molecule has 24 heavy (non-hydrogen) atoms. The predicted octanol–water partition coefficient (Wildman–Crippen LogP) is 3.04. The Bertz CT molecular complexity index is 684. The minimum absolute atomic E-state index is 0.0244. The molecule has 1 aliphatic rings. The lowest BCUT2D eigenvalue weighted by Crippen LogP contribution is -2.42. The largest absolute Gasteiger partial charge is 0.486 e. The van der Waals surface area contributed by atoms with Gasteiger partial charge in [-0.2, -0.15) is 0 Å². The van der Waals surface area contributed by atoms with E-state index in [1.807, 2.05) is 44.2 Å². The van der Waals surface area contributed by atoms with Gasteiger partial charge in [0.2, 0.25) is 0 Å². The molecule has 2 heterocycles. The minimum Gasteiger partial charge on any atom is -0.486 e. The van der Waals surface area contributed by atoms with E-state index in [0.29, 0.717) is 19.6 Å². The van der Waals surface area contributed by atoms with Crippen molar-refractivity contribution in [1.82, 2.24) is 10.6 Å². The maximum absolute atomic E-state index is 12.1. The van der Waals surface area contributed by atoms with Gasteiger partial charge in [0, 0.05) is 12.5 Å². The van der Waals surface area contributed by atoms with E-state index in [4.69, 9.17) is 13.9 Å². The third-order valence-electron chi connectivity index (χ3n) is 3.88. The second-order valence-electron chi connectivity index (χ2n) is 5.93. The van der Waals surface area contributed by atoms with Crippen LogP contribution < -0.4 is 20.1 Å². The fourth-order valence-corrected chi connectivity index (χ4v) is 2.66. The van der Waals surface area contributed by atoms with Crippen molar-refractivity contribution in [2.45, 2.75) is 32.4 Å². The number of hydrogen-bond acceptors (Lipinski definition) is 4. The molecule has 2 atom stereocenters. The van der Waals surface area contributed by atoms with Gasteiger partial charge in [-0.05, 0) is 43.7 Å². The second kappa shape index (κ2) is 7.29. The van der Waals surface area contributed by atoms with Crippen LogP contribution in [-0.2, 0) is 6.42 Å². The summed E-state index contributed by atoms with van der Waals surface area (Å²) in [7, 11) is 0. The fourth-order valence-electron chi connectivity index (χ4n) is 2.66. The lowest BCUT2D eigenvalue weighted by molar-refractivity contribution is 0.171. The summed E-state index contributed by atoms with van der Waals surface area (Å²) in [6, 6.07) is 9.08. The van der Waals surface area contributed by atoms with E-state index >= 15 is 0 Å². The maximum atomic E-state index is 12.1. The van der Waals surface area contributed by atoms with Crippen LogP contribution in [-0.4, -0.2) is 25.3 Å². The smallest absolute Gasteiger partial charge is 0.315 e. The molecule has 128 valence electrons. The average Bonchev–Trinajstić information content (AvgIpc) is 3.06. The number of amides is 2. The molecule has 0 aliphatic carbocycles. The molecule has 0 spiro atoms. The van der Waals surface area contributed by atoms with Crippen LogP contribution in [0, 0.1) is 0 Å². The first-order chi connectivity index (χ1) is 11.6. The van der Waals surface area contributed by atoms with Crippen LogP contribution in [0.2, 0.25) is 0 Å². The number of ether oxygens (including phenoxy) is 2. The Hall–Kier alpha value is -2.63. The van der Waals surface area contributed by atoms with Gasteiger partial charge in [-0.25, -0.2) is 4.79 Å². The number of fused-ring (bicyclic) bond motifs is 1. The molecule has 0 fully saturated rings. The Morgan fingerprint density at radius 1 is 1.12 bits per heavy atom.